The Balaban J connectivity index is 1.44. The van der Waals surface area contributed by atoms with Gasteiger partial charge in [0, 0.05) is 32.7 Å². The Bertz CT molecular complexity index is 740. The van der Waals surface area contributed by atoms with Gasteiger partial charge in [-0.1, -0.05) is 12.1 Å². The summed E-state index contributed by atoms with van der Waals surface area (Å²) < 4.78 is 16.2. The maximum Gasteiger partial charge on any atom is 0.257 e. The predicted molar refractivity (Wildman–Crippen MR) is 104 cm³/mol. The van der Waals surface area contributed by atoms with E-state index in [-0.39, 0.29) is 5.91 Å². The van der Waals surface area contributed by atoms with Crippen LogP contribution in [0.25, 0.3) is 0 Å². The molecular formula is C21H26N2O4. The van der Waals surface area contributed by atoms with Gasteiger partial charge >= 0.3 is 0 Å². The van der Waals surface area contributed by atoms with E-state index in [1.165, 1.54) is 0 Å². The SMILES string of the molecule is COc1ccc(OCCN2CCN(C(=O)c3ccccc3OC)CC2)cc1. The molecular weight excluding hydrogens is 344 g/mol. The maximum absolute atomic E-state index is 12.7. The number of hydrogen-bond acceptors (Lipinski definition) is 5. The van der Waals surface area contributed by atoms with Crippen LogP contribution in [0.2, 0.25) is 0 Å². The van der Waals surface area contributed by atoms with E-state index in [2.05, 4.69) is 4.90 Å². The van der Waals surface area contributed by atoms with Gasteiger partial charge in [0.05, 0.1) is 19.8 Å². The summed E-state index contributed by atoms with van der Waals surface area (Å²) in [5.74, 6) is 2.30. The van der Waals surface area contributed by atoms with Crippen LogP contribution in [0.5, 0.6) is 17.2 Å². The quantitative estimate of drug-likeness (QED) is 0.750. The Labute approximate surface area is 160 Å². The lowest BCUT2D eigenvalue weighted by molar-refractivity contribution is 0.0617. The van der Waals surface area contributed by atoms with Gasteiger partial charge in [0.2, 0.25) is 0 Å². The third kappa shape index (κ3) is 4.92. The smallest absolute Gasteiger partial charge is 0.257 e. The number of piperazine rings is 1. The lowest BCUT2D eigenvalue weighted by Gasteiger charge is -2.34. The van der Waals surface area contributed by atoms with Gasteiger partial charge in [0.15, 0.2) is 0 Å². The summed E-state index contributed by atoms with van der Waals surface area (Å²) in [5.41, 5.74) is 0.622. The number of methoxy groups -OCH3 is 2. The number of benzene rings is 2. The molecule has 0 atom stereocenters. The number of para-hydroxylation sites is 1. The Morgan fingerprint density at radius 1 is 0.889 bits per heavy atom. The number of carbonyl (C=O) groups excluding carboxylic acids is 1. The highest BCUT2D eigenvalue weighted by Gasteiger charge is 2.23. The zero-order valence-corrected chi connectivity index (χ0v) is 15.9. The molecule has 27 heavy (non-hydrogen) atoms. The van der Waals surface area contributed by atoms with Crippen molar-refractivity contribution in [2.24, 2.45) is 0 Å². The normalized spacial score (nSPS) is 14.7. The average Bonchev–Trinajstić information content (AvgIpc) is 2.74. The molecule has 1 fully saturated rings. The molecule has 0 aliphatic carbocycles. The summed E-state index contributed by atoms with van der Waals surface area (Å²) in [6, 6.07) is 15.0. The van der Waals surface area contributed by atoms with E-state index in [1.807, 2.05) is 53.4 Å². The van der Waals surface area contributed by atoms with Gasteiger partial charge in [-0.3, -0.25) is 9.69 Å². The van der Waals surface area contributed by atoms with Crippen molar-refractivity contribution < 1.29 is 19.0 Å². The highest BCUT2D eigenvalue weighted by atomic mass is 16.5. The van der Waals surface area contributed by atoms with E-state index in [9.17, 15) is 4.79 Å². The molecule has 0 bridgehead atoms. The van der Waals surface area contributed by atoms with Crippen LogP contribution in [-0.4, -0.2) is 69.3 Å². The first-order valence-electron chi connectivity index (χ1n) is 9.13. The van der Waals surface area contributed by atoms with Gasteiger partial charge in [0.1, 0.15) is 23.9 Å². The van der Waals surface area contributed by atoms with Crippen molar-refractivity contribution in [3.8, 4) is 17.2 Å². The van der Waals surface area contributed by atoms with Gasteiger partial charge in [-0.25, -0.2) is 0 Å². The van der Waals surface area contributed by atoms with Gasteiger partial charge in [-0.05, 0) is 36.4 Å². The molecule has 0 aromatic heterocycles. The van der Waals surface area contributed by atoms with Gasteiger partial charge in [-0.15, -0.1) is 0 Å². The molecule has 6 nitrogen and oxygen atoms in total. The predicted octanol–water partition coefficient (Wildman–Crippen LogP) is 2.54. The summed E-state index contributed by atoms with van der Waals surface area (Å²) >= 11 is 0. The minimum atomic E-state index is 0.0292. The standard InChI is InChI=1S/C21H26N2O4/c1-25-17-7-9-18(10-8-17)27-16-15-22-11-13-23(14-12-22)21(24)19-5-3-4-6-20(19)26-2/h3-10H,11-16H2,1-2H3. The van der Waals surface area contributed by atoms with Crippen LogP contribution >= 0.6 is 0 Å². The van der Waals surface area contributed by atoms with Crippen molar-refractivity contribution in [3.63, 3.8) is 0 Å². The summed E-state index contributed by atoms with van der Waals surface area (Å²) in [6.07, 6.45) is 0. The molecule has 144 valence electrons. The van der Waals surface area contributed by atoms with Crippen LogP contribution in [0.15, 0.2) is 48.5 Å². The molecule has 0 N–H and O–H groups in total. The Hall–Kier alpha value is -2.73. The summed E-state index contributed by atoms with van der Waals surface area (Å²) in [6.45, 7) is 4.55. The van der Waals surface area contributed by atoms with Crippen molar-refractivity contribution in [2.75, 3.05) is 53.6 Å². The summed E-state index contributed by atoms with van der Waals surface area (Å²) in [4.78, 5) is 16.9. The van der Waals surface area contributed by atoms with Gasteiger partial charge in [-0.2, -0.15) is 0 Å². The Morgan fingerprint density at radius 2 is 1.56 bits per heavy atom. The fourth-order valence-corrected chi connectivity index (χ4v) is 3.13. The molecule has 1 aliphatic rings. The van der Waals surface area contributed by atoms with Crippen LogP contribution < -0.4 is 14.2 Å². The third-order valence-electron chi connectivity index (χ3n) is 4.73. The molecule has 1 amide bonds. The number of ether oxygens (including phenoxy) is 3. The van der Waals surface area contributed by atoms with Crippen molar-refractivity contribution in [1.82, 2.24) is 9.80 Å². The minimum Gasteiger partial charge on any atom is -0.497 e. The van der Waals surface area contributed by atoms with Crippen LogP contribution in [0.3, 0.4) is 0 Å². The molecule has 6 heteroatoms. The van der Waals surface area contributed by atoms with Gasteiger partial charge in [0.25, 0.3) is 5.91 Å². The second-order valence-corrected chi connectivity index (χ2v) is 6.36. The highest BCUT2D eigenvalue weighted by molar-refractivity contribution is 5.97. The van der Waals surface area contributed by atoms with E-state index in [4.69, 9.17) is 14.2 Å². The number of amides is 1. The maximum atomic E-state index is 12.7. The highest BCUT2D eigenvalue weighted by Crippen LogP contribution is 2.20. The lowest BCUT2D eigenvalue weighted by atomic mass is 10.1. The van der Waals surface area contributed by atoms with E-state index in [0.29, 0.717) is 31.0 Å². The second kappa shape index (κ2) is 9.28. The molecule has 2 aromatic carbocycles. The topological polar surface area (TPSA) is 51.2 Å². The van der Waals surface area contributed by atoms with Crippen molar-refractivity contribution in [1.29, 1.82) is 0 Å². The molecule has 2 aromatic rings. The third-order valence-corrected chi connectivity index (χ3v) is 4.73. The molecule has 0 spiro atoms. The molecule has 0 unspecified atom stereocenters. The van der Waals surface area contributed by atoms with E-state index < -0.39 is 0 Å². The molecule has 0 saturated carbocycles. The van der Waals surface area contributed by atoms with Crippen molar-refractivity contribution >= 4 is 5.91 Å². The largest absolute Gasteiger partial charge is 0.497 e. The van der Waals surface area contributed by atoms with Crippen LogP contribution in [0.1, 0.15) is 10.4 Å². The van der Waals surface area contributed by atoms with E-state index in [1.54, 1.807) is 14.2 Å². The van der Waals surface area contributed by atoms with Crippen LogP contribution in [-0.2, 0) is 0 Å². The first-order valence-corrected chi connectivity index (χ1v) is 9.13. The number of rotatable bonds is 7. The Kier molecular flexibility index (Phi) is 6.54. The molecule has 1 heterocycles. The number of carbonyl (C=O) groups is 1. The first kappa shape index (κ1) is 19.0. The second-order valence-electron chi connectivity index (χ2n) is 6.36. The number of hydrogen-bond donors (Lipinski definition) is 0. The van der Waals surface area contributed by atoms with Gasteiger partial charge < -0.3 is 19.1 Å². The molecule has 3 rings (SSSR count). The lowest BCUT2D eigenvalue weighted by Crippen LogP contribution is -2.49. The molecule has 1 aliphatic heterocycles. The first-order chi connectivity index (χ1) is 13.2. The average molecular weight is 370 g/mol. The van der Waals surface area contributed by atoms with Crippen molar-refractivity contribution in [2.45, 2.75) is 0 Å². The van der Waals surface area contributed by atoms with E-state index in [0.717, 1.165) is 31.1 Å². The number of nitrogens with zero attached hydrogens (tertiary/aromatic N) is 2. The summed E-state index contributed by atoms with van der Waals surface area (Å²) in [5, 5.41) is 0. The van der Waals surface area contributed by atoms with E-state index >= 15 is 0 Å². The zero-order chi connectivity index (χ0) is 19.1. The minimum absolute atomic E-state index is 0.0292. The fourth-order valence-electron chi connectivity index (χ4n) is 3.13. The molecule has 0 radical (unpaired) electrons. The zero-order valence-electron chi connectivity index (χ0n) is 15.9. The fraction of sp³-hybridized carbons (Fsp3) is 0.381. The summed E-state index contributed by atoms with van der Waals surface area (Å²) in [7, 11) is 3.24. The van der Waals surface area contributed by atoms with Crippen LogP contribution in [0, 0.1) is 0 Å². The van der Waals surface area contributed by atoms with Crippen molar-refractivity contribution in [3.05, 3.63) is 54.1 Å². The molecule has 1 saturated heterocycles. The van der Waals surface area contributed by atoms with Crippen LogP contribution in [0.4, 0.5) is 0 Å². The monoisotopic (exact) mass is 370 g/mol. The Morgan fingerprint density at radius 3 is 2.22 bits per heavy atom.